The smallest absolute Gasteiger partial charge is 0.271 e. The molecule has 7 heteroatoms. The zero-order valence-electron chi connectivity index (χ0n) is 12.9. The summed E-state index contributed by atoms with van der Waals surface area (Å²) in [5.74, 6) is 0.551. The van der Waals surface area contributed by atoms with Crippen LogP contribution in [0.1, 0.15) is 22.8 Å². The maximum absolute atomic E-state index is 11.9. The number of amides is 2. The van der Waals surface area contributed by atoms with Crippen LogP contribution in [-0.2, 0) is 4.79 Å². The predicted molar refractivity (Wildman–Crippen MR) is 88.4 cm³/mol. The Labute approximate surface area is 138 Å². The van der Waals surface area contributed by atoms with Gasteiger partial charge in [0.25, 0.3) is 5.91 Å². The van der Waals surface area contributed by atoms with E-state index < -0.39 is 0 Å². The number of rotatable bonds is 4. The highest BCUT2D eigenvalue weighted by atomic mass is 16.7. The summed E-state index contributed by atoms with van der Waals surface area (Å²) in [6.07, 6.45) is 1.44. The Morgan fingerprint density at radius 1 is 1.12 bits per heavy atom. The number of nitrogens with one attached hydrogen (secondary N) is 2. The second-order valence-corrected chi connectivity index (χ2v) is 5.04. The molecule has 24 heavy (non-hydrogen) atoms. The number of benzene rings is 2. The Hall–Kier alpha value is -3.35. The van der Waals surface area contributed by atoms with Gasteiger partial charge in [0.15, 0.2) is 11.5 Å². The molecule has 0 saturated carbocycles. The molecule has 0 aromatic heterocycles. The molecule has 0 aliphatic carbocycles. The van der Waals surface area contributed by atoms with Gasteiger partial charge in [0.05, 0.1) is 11.9 Å². The molecule has 0 unspecified atom stereocenters. The van der Waals surface area contributed by atoms with Gasteiger partial charge in [-0.2, -0.15) is 5.10 Å². The van der Waals surface area contributed by atoms with Crippen molar-refractivity contribution in [2.24, 2.45) is 5.10 Å². The van der Waals surface area contributed by atoms with E-state index in [1.54, 1.807) is 36.4 Å². The fraction of sp³-hybridized carbons (Fsp3) is 0.118. The summed E-state index contributed by atoms with van der Waals surface area (Å²) in [4.78, 5) is 23.3. The number of ether oxygens (including phenoxy) is 2. The standard InChI is InChI=1S/C17H15N3O4/c1-11(21)19-14-8-16-15(23-10-24-16)7-13(14)9-18-20-17(22)12-5-3-2-4-6-12/h2-9H,10H2,1H3,(H,19,21)(H,20,22)/b18-9+. The van der Waals surface area contributed by atoms with E-state index in [4.69, 9.17) is 9.47 Å². The fourth-order valence-electron chi connectivity index (χ4n) is 2.18. The molecular formula is C17H15N3O4. The van der Waals surface area contributed by atoms with Crippen LogP contribution in [0.25, 0.3) is 0 Å². The van der Waals surface area contributed by atoms with E-state index in [1.807, 2.05) is 6.07 Å². The maximum Gasteiger partial charge on any atom is 0.271 e. The second-order valence-electron chi connectivity index (χ2n) is 5.04. The van der Waals surface area contributed by atoms with Crippen molar-refractivity contribution in [1.82, 2.24) is 5.43 Å². The van der Waals surface area contributed by atoms with Crippen molar-refractivity contribution >= 4 is 23.7 Å². The van der Waals surface area contributed by atoms with Crippen LogP contribution in [0.2, 0.25) is 0 Å². The Kier molecular flexibility index (Phi) is 4.42. The monoisotopic (exact) mass is 325 g/mol. The first-order valence-electron chi connectivity index (χ1n) is 7.23. The summed E-state index contributed by atoms with van der Waals surface area (Å²) in [6.45, 7) is 1.53. The number of hydrogen-bond acceptors (Lipinski definition) is 5. The Balaban J connectivity index is 1.78. The number of hydrazone groups is 1. The van der Waals surface area contributed by atoms with Crippen molar-refractivity contribution in [3.05, 3.63) is 53.6 Å². The van der Waals surface area contributed by atoms with Crippen LogP contribution in [0.5, 0.6) is 11.5 Å². The van der Waals surface area contributed by atoms with E-state index >= 15 is 0 Å². The lowest BCUT2D eigenvalue weighted by Crippen LogP contribution is -2.17. The summed E-state index contributed by atoms with van der Waals surface area (Å²) < 4.78 is 10.6. The molecular weight excluding hydrogens is 310 g/mol. The molecule has 1 heterocycles. The molecule has 2 N–H and O–H groups in total. The van der Waals surface area contributed by atoms with Gasteiger partial charge in [-0.05, 0) is 18.2 Å². The molecule has 0 radical (unpaired) electrons. The maximum atomic E-state index is 11.9. The van der Waals surface area contributed by atoms with Crippen LogP contribution in [0.15, 0.2) is 47.6 Å². The van der Waals surface area contributed by atoms with Crippen molar-refractivity contribution in [1.29, 1.82) is 0 Å². The molecule has 0 spiro atoms. The molecule has 7 nitrogen and oxygen atoms in total. The number of nitrogens with zero attached hydrogens (tertiary/aromatic N) is 1. The summed E-state index contributed by atoms with van der Waals surface area (Å²) in [6, 6.07) is 12.1. The van der Waals surface area contributed by atoms with Crippen LogP contribution in [0, 0.1) is 0 Å². The van der Waals surface area contributed by atoms with Crippen LogP contribution >= 0.6 is 0 Å². The minimum absolute atomic E-state index is 0.125. The SMILES string of the molecule is CC(=O)Nc1cc2c(cc1/C=N/NC(=O)c1ccccc1)OCO2. The third-order valence-electron chi connectivity index (χ3n) is 3.26. The first-order valence-corrected chi connectivity index (χ1v) is 7.23. The van der Waals surface area contributed by atoms with E-state index in [0.29, 0.717) is 28.3 Å². The lowest BCUT2D eigenvalue weighted by atomic mass is 10.1. The highest BCUT2D eigenvalue weighted by Crippen LogP contribution is 2.36. The third kappa shape index (κ3) is 3.52. The van der Waals surface area contributed by atoms with Crippen LogP contribution in [0.4, 0.5) is 5.69 Å². The first-order chi connectivity index (χ1) is 11.6. The molecule has 2 aromatic carbocycles. The van der Waals surface area contributed by atoms with Gasteiger partial charge < -0.3 is 14.8 Å². The quantitative estimate of drug-likeness (QED) is 0.666. The van der Waals surface area contributed by atoms with Gasteiger partial charge in [-0.1, -0.05) is 18.2 Å². The lowest BCUT2D eigenvalue weighted by Gasteiger charge is -2.08. The lowest BCUT2D eigenvalue weighted by molar-refractivity contribution is -0.114. The largest absolute Gasteiger partial charge is 0.454 e. The molecule has 2 amide bonds. The number of anilines is 1. The molecule has 1 aliphatic heterocycles. The van der Waals surface area contributed by atoms with Gasteiger partial charge in [-0.25, -0.2) is 5.43 Å². The average molecular weight is 325 g/mol. The van der Waals surface area contributed by atoms with Gasteiger partial charge in [-0.15, -0.1) is 0 Å². The summed E-state index contributed by atoms with van der Waals surface area (Å²) in [7, 11) is 0. The molecule has 122 valence electrons. The predicted octanol–water partition coefficient (Wildman–Crippen LogP) is 2.14. The third-order valence-corrected chi connectivity index (χ3v) is 3.26. The topological polar surface area (TPSA) is 89.0 Å². The van der Waals surface area contributed by atoms with Crippen molar-refractivity contribution in [3.8, 4) is 11.5 Å². The highest BCUT2D eigenvalue weighted by Gasteiger charge is 2.17. The molecule has 0 bridgehead atoms. The molecule has 0 atom stereocenters. The van der Waals surface area contributed by atoms with Crippen molar-refractivity contribution in [3.63, 3.8) is 0 Å². The van der Waals surface area contributed by atoms with E-state index in [1.165, 1.54) is 13.1 Å². The summed E-state index contributed by atoms with van der Waals surface area (Å²) in [5.41, 5.74) is 4.05. The van der Waals surface area contributed by atoms with Gasteiger partial charge in [0, 0.05) is 24.1 Å². The Bertz CT molecular complexity index is 803. The number of carbonyl (C=O) groups is 2. The molecule has 0 saturated heterocycles. The zero-order valence-corrected chi connectivity index (χ0v) is 12.9. The second kappa shape index (κ2) is 6.82. The highest BCUT2D eigenvalue weighted by molar-refractivity contribution is 5.99. The van der Waals surface area contributed by atoms with E-state index in [2.05, 4.69) is 15.8 Å². The van der Waals surface area contributed by atoms with Gasteiger partial charge in [0.1, 0.15) is 0 Å². The van der Waals surface area contributed by atoms with Crippen molar-refractivity contribution < 1.29 is 19.1 Å². The van der Waals surface area contributed by atoms with Gasteiger partial charge >= 0.3 is 0 Å². The van der Waals surface area contributed by atoms with E-state index in [9.17, 15) is 9.59 Å². The average Bonchev–Trinajstić information content (AvgIpc) is 3.02. The van der Waals surface area contributed by atoms with Crippen LogP contribution < -0.4 is 20.2 Å². The number of hydrogen-bond donors (Lipinski definition) is 2. The van der Waals surface area contributed by atoms with E-state index in [0.717, 1.165) is 0 Å². The van der Waals surface area contributed by atoms with E-state index in [-0.39, 0.29) is 18.6 Å². The van der Waals surface area contributed by atoms with Gasteiger partial charge in [0.2, 0.25) is 12.7 Å². The zero-order chi connectivity index (χ0) is 16.9. The molecule has 2 aromatic rings. The Morgan fingerprint density at radius 3 is 2.54 bits per heavy atom. The normalized spacial score (nSPS) is 12.2. The summed E-state index contributed by atoms with van der Waals surface area (Å²) >= 11 is 0. The molecule has 0 fully saturated rings. The van der Waals surface area contributed by atoms with Crippen molar-refractivity contribution in [2.45, 2.75) is 6.92 Å². The number of carbonyl (C=O) groups excluding carboxylic acids is 2. The summed E-state index contributed by atoms with van der Waals surface area (Å²) in [5, 5.41) is 6.63. The minimum atomic E-state index is -0.325. The van der Waals surface area contributed by atoms with Crippen molar-refractivity contribution in [2.75, 3.05) is 12.1 Å². The molecule has 1 aliphatic rings. The molecule has 3 rings (SSSR count). The Morgan fingerprint density at radius 2 is 1.83 bits per heavy atom. The van der Waals surface area contributed by atoms with Crippen LogP contribution in [0.3, 0.4) is 0 Å². The van der Waals surface area contributed by atoms with Gasteiger partial charge in [-0.3, -0.25) is 9.59 Å². The van der Waals surface area contributed by atoms with Crippen LogP contribution in [-0.4, -0.2) is 24.8 Å². The number of fused-ring (bicyclic) bond motifs is 1. The minimum Gasteiger partial charge on any atom is -0.454 e. The first kappa shape index (κ1) is 15.5. The fourth-order valence-corrected chi connectivity index (χ4v) is 2.18.